The first-order chi connectivity index (χ1) is 7.78. The van der Waals surface area contributed by atoms with Crippen molar-refractivity contribution >= 4 is 12.0 Å². The van der Waals surface area contributed by atoms with Crippen molar-refractivity contribution in [2.24, 2.45) is 5.92 Å². The van der Waals surface area contributed by atoms with Crippen molar-refractivity contribution in [3.05, 3.63) is 0 Å². The number of hydrogen-bond donors (Lipinski definition) is 2. The van der Waals surface area contributed by atoms with Gasteiger partial charge in [0.1, 0.15) is 13.1 Å². The van der Waals surface area contributed by atoms with E-state index in [0.29, 0.717) is 12.5 Å². The third-order valence-electron chi connectivity index (χ3n) is 2.22. The van der Waals surface area contributed by atoms with Gasteiger partial charge in [0.25, 0.3) is 0 Å². The largest absolute Gasteiger partial charge is 0.480 e. The summed E-state index contributed by atoms with van der Waals surface area (Å²) < 4.78 is 36.3. The molecule has 1 fully saturated rings. The first-order valence-corrected chi connectivity index (χ1v) is 5.09. The van der Waals surface area contributed by atoms with Gasteiger partial charge >= 0.3 is 18.2 Å². The quantitative estimate of drug-likeness (QED) is 0.770. The Labute approximate surface area is 95.6 Å². The van der Waals surface area contributed by atoms with Gasteiger partial charge in [0.05, 0.1) is 0 Å². The van der Waals surface area contributed by atoms with E-state index in [1.54, 1.807) is 0 Å². The Hall–Kier alpha value is -1.47. The fraction of sp³-hybridized carbons (Fsp3) is 0.778. The van der Waals surface area contributed by atoms with E-state index >= 15 is 0 Å². The lowest BCUT2D eigenvalue weighted by atomic mass is 10.4. The van der Waals surface area contributed by atoms with Crippen LogP contribution in [0.2, 0.25) is 0 Å². The first-order valence-electron chi connectivity index (χ1n) is 5.09. The molecule has 1 aliphatic carbocycles. The van der Waals surface area contributed by atoms with Crippen LogP contribution in [0.1, 0.15) is 12.8 Å². The molecule has 0 heterocycles. The number of urea groups is 1. The minimum absolute atomic E-state index is 0.241. The Kier molecular flexibility index (Phi) is 4.19. The van der Waals surface area contributed by atoms with E-state index in [2.05, 4.69) is 5.32 Å². The summed E-state index contributed by atoms with van der Waals surface area (Å²) in [6.07, 6.45) is -2.72. The van der Waals surface area contributed by atoms with E-state index < -0.39 is 31.3 Å². The molecule has 1 saturated carbocycles. The van der Waals surface area contributed by atoms with Crippen molar-refractivity contribution in [1.82, 2.24) is 10.2 Å². The molecule has 0 aliphatic heterocycles. The predicted molar refractivity (Wildman–Crippen MR) is 51.4 cm³/mol. The molecule has 0 aromatic carbocycles. The van der Waals surface area contributed by atoms with Gasteiger partial charge in [0.2, 0.25) is 0 Å². The van der Waals surface area contributed by atoms with Crippen LogP contribution in [0.15, 0.2) is 0 Å². The second-order valence-electron chi connectivity index (χ2n) is 3.99. The molecular weight excluding hydrogens is 241 g/mol. The summed E-state index contributed by atoms with van der Waals surface area (Å²) in [5, 5.41) is 10.7. The molecule has 1 rings (SSSR count). The van der Waals surface area contributed by atoms with E-state index in [4.69, 9.17) is 5.11 Å². The number of amides is 2. The summed E-state index contributed by atoms with van der Waals surface area (Å²) in [6.45, 7) is -2.22. The Morgan fingerprint density at radius 3 is 2.35 bits per heavy atom. The van der Waals surface area contributed by atoms with Gasteiger partial charge < -0.3 is 15.3 Å². The highest BCUT2D eigenvalue weighted by molar-refractivity contribution is 5.80. The smallest absolute Gasteiger partial charge is 0.406 e. The van der Waals surface area contributed by atoms with Crippen LogP contribution in [0.4, 0.5) is 18.0 Å². The normalized spacial score (nSPS) is 15.5. The maximum absolute atomic E-state index is 12.1. The lowest BCUT2D eigenvalue weighted by Gasteiger charge is -2.22. The molecule has 5 nitrogen and oxygen atoms in total. The van der Waals surface area contributed by atoms with Crippen LogP contribution in [0.3, 0.4) is 0 Å². The molecule has 2 N–H and O–H groups in total. The van der Waals surface area contributed by atoms with E-state index in [9.17, 15) is 22.8 Å². The van der Waals surface area contributed by atoms with Crippen molar-refractivity contribution in [3.63, 3.8) is 0 Å². The Balaban J connectivity index is 2.47. The second kappa shape index (κ2) is 5.24. The lowest BCUT2D eigenvalue weighted by molar-refractivity contribution is -0.148. The Bertz CT molecular complexity index is 302. The average Bonchev–Trinajstić information content (AvgIpc) is 2.93. The average molecular weight is 254 g/mol. The van der Waals surface area contributed by atoms with Crippen LogP contribution >= 0.6 is 0 Å². The van der Waals surface area contributed by atoms with Crippen molar-refractivity contribution in [1.29, 1.82) is 0 Å². The number of nitrogens with zero attached hydrogens (tertiary/aromatic N) is 1. The molecule has 0 saturated heterocycles. The number of aliphatic carboxylic acids is 1. The van der Waals surface area contributed by atoms with E-state index in [1.165, 1.54) is 0 Å². The van der Waals surface area contributed by atoms with Crippen molar-refractivity contribution in [2.45, 2.75) is 19.0 Å². The molecule has 0 atom stereocenters. The number of alkyl halides is 3. The van der Waals surface area contributed by atoms with Gasteiger partial charge in [-0.25, -0.2) is 4.79 Å². The van der Waals surface area contributed by atoms with Crippen LogP contribution < -0.4 is 5.32 Å². The minimum Gasteiger partial charge on any atom is -0.480 e. The third kappa shape index (κ3) is 5.98. The Morgan fingerprint density at radius 1 is 1.35 bits per heavy atom. The van der Waals surface area contributed by atoms with E-state index in [-0.39, 0.29) is 4.90 Å². The zero-order valence-electron chi connectivity index (χ0n) is 8.96. The summed E-state index contributed by atoms with van der Waals surface area (Å²) in [4.78, 5) is 21.9. The molecule has 98 valence electrons. The number of carboxylic acid groups (broad SMARTS) is 1. The summed E-state index contributed by atoms with van der Waals surface area (Å²) in [6, 6.07) is -0.989. The summed E-state index contributed by atoms with van der Waals surface area (Å²) in [5.41, 5.74) is 0. The topological polar surface area (TPSA) is 69.6 Å². The van der Waals surface area contributed by atoms with Crippen LogP contribution in [0.5, 0.6) is 0 Å². The Morgan fingerprint density at radius 2 is 1.94 bits per heavy atom. The van der Waals surface area contributed by atoms with Crippen LogP contribution in [-0.4, -0.2) is 47.8 Å². The minimum atomic E-state index is -4.60. The predicted octanol–water partition coefficient (Wildman–Crippen LogP) is 1.05. The number of nitrogens with one attached hydrogen (secondary N) is 1. The molecule has 8 heteroatoms. The number of carboxylic acids is 1. The zero-order valence-corrected chi connectivity index (χ0v) is 8.96. The lowest BCUT2D eigenvalue weighted by Crippen LogP contribution is -2.47. The van der Waals surface area contributed by atoms with Gasteiger partial charge in [-0.05, 0) is 18.8 Å². The number of carbonyl (C=O) groups excluding carboxylic acids is 1. The van der Waals surface area contributed by atoms with Gasteiger partial charge in [-0.15, -0.1) is 0 Å². The van der Waals surface area contributed by atoms with Crippen LogP contribution in [0, 0.1) is 5.92 Å². The molecule has 17 heavy (non-hydrogen) atoms. The molecule has 0 spiro atoms. The maximum Gasteiger partial charge on any atom is 0.406 e. The van der Waals surface area contributed by atoms with Gasteiger partial charge in [0.15, 0.2) is 0 Å². The highest BCUT2D eigenvalue weighted by Gasteiger charge is 2.34. The summed E-state index contributed by atoms with van der Waals surface area (Å²) in [7, 11) is 0. The molecule has 0 aromatic heterocycles. The number of hydrogen-bond acceptors (Lipinski definition) is 2. The molecule has 0 unspecified atom stereocenters. The SMILES string of the molecule is O=C(O)CN(CC(F)(F)F)C(=O)NCC1CC1. The molecule has 0 aromatic rings. The second-order valence-corrected chi connectivity index (χ2v) is 3.99. The standard InChI is InChI=1S/C9H13F3N2O3/c10-9(11,12)5-14(4-7(15)16)8(17)13-3-6-1-2-6/h6H,1-5H2,(H,13,17)(H,15,16). The fourth-order valence-electron chi connectivity index (χ4n) is 1.24. The summed E-state index contributed by atoms with van der Waals surface area (Å²) >= 11 is 0. The summed E-state index contributed by atoms with van der Waals surface area (Å²) in [5.74, 6) is -1.16. The zero-order chi connectivity index (χ0) is 13.1. The highest BCUT2D eigenvalue weighted by atomic mass is 19.4. The third-order valence-corrected chi connectivity index (χ3v) is 2.22. The van der Waals surface area contributed by atoms with Crippen LogP contribution in [0.25, 0.3) is 0 Å². The molecule has 1 aliphatic rings. The van der Waals surface area contributed by atoms with Gasteiger partial charge in [-0.1, -0.05) is 0 Å². The number of carbonyl (C=O) groups is 2. The van der Waals surface area contributed by atoms with Gasteiger partial charge in [-0.2, -0.15) is 13.2 Å². The maximum atomic E-state index is 12.1. The van der Waals surface area contributed by atoms with Gasteiger partial charge in [0, 0.05) is 6.54 Å². The number of rotatable bonds is 5. The van der Waals surface area contributed by atoms with E-state index in [1.807, 2.05) is 0 Å². The van der Waals surface area contributed by atoms with E-state index in [0.717, 1.165) is 12.8 Å². The van der Waals surface area contributed by atoms with Crippen LogP contribution in [-0.2, 0) is 4.79 Å². The molecule has 0 bridgehead atoms. The monoisotopic (exact) mass is 254 g/mol. The molecule has 2 amide bonds. The van der Waals surface area contributed by atoms with Gasteiger partial charge in [-0.3, -0.25) is 4.79 Å². The highest BCUT2D eigenvalue weighted by Crippen LogP contribution is 2.27. The van der Waals surface area contributed by atoms with Crippen molar-refractivity contribution in [3.8, 4) is 0 Å². The fourth-order valence-corrected chi connectivity index (χ4v) is 1.24. The van der Waals surface area contributed by atoms with Crippen molar-refractivity contribution < 1.29 is 27.9 Å². The first kappa shape index (κ1) is 13.6. The van der Waals surface area contributed by atoms with Crippen molar-refractivity contribution in [2.75, 3.05) is 19.6 Å². The molecular formula is C9H13F3N2O3. The molecule has 0 radical (unpaired) electrons. The number of halogens is 3.